The summed E-state index contributed by atoms with van der Waals surface area (Å²) in [4.78, 5) is 18.6. The van der Waals surface area contributed by atoms with Crippen molar-refractivity contribution in [3.05, 3.63) is 41.5 Å². The van der Waals surface area contributed by atoms with Crippen LogP contribution in [0, 0.1) is 0 Å². The lowest BCUT2D eigenvalue weighted by molar-refractivity contribution is 0.0594. The van der Waals surface area contributed by atoms with Gasteiger partial charge in [0.25, 0.3) is 5.91 Å². The van der Waals surface area contributed by atoms with Crippen molar-refractivity contribution < 1.29 is 14.4 Å². The van der Waals surface area contributed by atoms with E-state index in [0.717, 1.165) is 31.2 Å². The lowest BCUT2D eigenvalue weighted by atomic mass is 9.99. The first-order valence-electron chi connectivity index (χ1n) is 7.60. The van der Waals surface area contributed by atoms with E-state index in [1.165, 1.54) is 6.39 Å². The van der Waals surface area contributed by atoms with Crippen LogP contribution in [0.1, 0.15) is 54.0 Å². The normalized spacial score (nSPS) is 18.4. The molecule has 0 aliphatic carbocycles. The second kappa shape index (κ2) is 6.17. The van der Waals surface area contributed by atoms with Crippen molar-refractivity contribution in [2.75, 3.05) is 6.54 Å². The zero-order valence-electron chi connectivity index (χ0n) is 12.5. The number of hydrogen-bond acceptors (Lipinski definition) is 5. The molecule has 0 spiro atoms. The molecule has 22 heavy (non-hydrogen) atoms. The van der Waals surface area contributed by atoms with Gasteiger partial charge in [0.05, 0.1) is 11.6 Å². The molecule has 1 atom stereocenters. The number of phenols is 1. The van der Waals surface area contributed by atoms with Crippen molar-refractivity contribution in [1.29, 1.82) is 0 Å². The number of likely N-dealkylation sites (tertiary alicyclic amines) is 1. The molecule has 1 saturated heterocycles. The predicted octanol–water partition coefficient (Wildman–Crippen LogP) is 2.71. The van der Waals surface area contributed by atoms with E-state index >= 15 is 0 Å². The van der Waals surface area contributed by atoms with Gasteiger partial charge in [-0.1, -0.05) is 18.1 Å². The smallest absolute Gasteiger partial charge is 0.258 e. The monoisotopic (exact) mass is 301 g/mol. The van der Waals surface area contributed by atoms with Crippen molar-refractivity contribution in [2.24, 2.45) is 0 Å². The molecule has 1 amide bonds. The highest BCUT2D eigenvalue weighted by molar-refractivity contribution is 5.97. The van der Waals surface area contributed by atoms with Crippen LogP contribution in [0.25, 0.3) is 0 Å². The van der Waals surface area contributed by atoms with E-state index in [4.69, 9.17) is 4.52 Å². The Bertz CT molecular complexity index is 655. The van der Waals surface area contributed by atoms with E-state index in [1.54, 1.807) is 17.0 Å². The predicted molar refractivity (Wildman–Crippen MR) is 79.4 cm³/mol. The number of aryl methyl sites for hydroxylation is 1. The molecule has 1 aliphatic rings. The molecule has 1 aromatic heterocycles. The zero-order chi connectivity index (χ0) is 15.5. The van der Waals surface area contributed by atoms with Crippen LogP contribution in [0.2, 0.25) is 0 Å². The first-order chi connectivity index (χ1) is 10.7. The Balaban J connectivity index is 1.89. The fourth-order valence-corrected chi connectivity index (χ4v) is 2.90. The van der Waals surface area contributed by atoms with Gasteiger partial charge in [-0.2, -0.15) is 4.98 Å². The summed E-state index contributed by atoms with van der Waals surface area (Å²) in [6.45, 7) is 2.64. The molecule has 1 unspecified atom stereocenters. The molecule has 1 N–H and O–H groups in total. The van der Waals surface area contributed by atoms with Gasteiger partial charge in [-0.05, 0) is 43.4 Å². The van der Waals surface area contributed by atoms with Gasteiger partial charge < -0.3 is 14.5 Å². The summed E-state index contributed by atoms with van der Waals surface area (Å²) in [5.74, 6) is 0.370. The average Bonchev–Trinajstić information content (AvgIpc) is 3.08. The number of nitrogens with zero attached hydrogens (tertiary/aromatic N) is 3. The molecule has 3 rings (SSSR count). The topological polar surface area (TPSA) is 79.5 Å². The van der Waals surface area contributed by atoms with E-state index in [0.29, 0.717) is 17.9 Å². The molecule has 2 heterocycles. The van der Waals surface area contributed by atoms with Crippen molar-refractivity contribution >= 4 is 5.91 Å². The number of carbonyl (C=O) groups is 1. The van der Waals surface area contributed by atoms with Gasteiger partial charge in [-0.15, -0.1) is 0 Å². The van der Waals surface area contributed by atoms with Crippen LogP contribution in [0.15, 0.2) is 29.1 Å². The molecule has 0 saturated carbocycles. The summed E-state index contributed by atoms with van der Waals surface area (Å²) in [6.07, 6.45) is 4.86. The third kappa shape index (κ3) is 2.68. The third-order valence-electron chi connectivity index (χ3n) is 4.14. The van der Waals surface area contributed by atoms with Crippen LogP contribution >= 0.6 is 0 Å². The molecular weight excluding hydrogens is 282 g/mol. The fourth-order valence-electron chi connectivity index (χ4n) is 2.90. The van der Waals surface area contributed by atoms with Gasteiger partial charge in [0.2, 0.25) is 6.39 Å². The maximum atomic E-state index is 12.8. The largest absolute Gasteiger partial charge is 0.507 e. The molecule has 0 bridgehead atoms. The molecular formula is C16H19N3O3. The first kappa shape index (κ1) is 14.6. The Morgan fingerprint density at radius 1 is 1.45 bits per heavy atom. The Morgan fingerprint density at radius 3 is 3.00 bits per heavy atom. The number of phenolic OH excluding ortho intramolecular Hbond substituents is 1. The van der Waals surface area contributed by atoms with E-state index in [9.17, 15) is 9.90 Å². The maximum absolute atomic E-state index is 12.8. The number of carbonyl (C=O) groups excluding carboxylic acids is 1. The highest BCUT2D eigenvalue weighted by atomic mass is 16.5. The molecule has 1 aromatic carbocycles. The van der Waals surface area contributed by atoms with Crippen molar-refractivity contribution in [2.45, 2.75) is 38.6 Å². The van der Waals surface area contributed by atoms with Gasteiger partial charge in [-0.25, -0.2) is 0 Å². The quantitative estimate of drug-likeness (QED) is 0.943. The number of aromatic nitrogens is 2. The minimum absolute atomic E-state index is 0.0294. The second-order valence-corrected chi connectivity index (χ2v) is 5.50. The number of hydrogen-bond donors (Lipinski definition) is 1. The fraction of sp³-hybridized carbons (Fsp3) is 0.438. The van der Waals surface area contributed by atoms with E-state index in [2.05, 4.69) is 10.1 Å². The van der Waals surface area contributed by atoms with Crippen LogP contribution in [0.4, 0.5) is 0 Å². The lowest BCUT2D eigenvalue weighted by Crippen LogP contribution is -2.39. The SMILES string of the molecule is CCc1ccc(C(=O)N2CCCCC2c2ncon2)c(O)c1. The standard InChI is InChI=1S/C16H19N3O3/c1-2-11-6-7-12(14(20)9-11)16(21)19-8-4-3-5-13(19)15-17-10-22-18-15/h6-7,9-10,13,20H,2-5,8H2,1H3. The van der Waals surface area contributed by atoms with Crippen LogP contribution in [0.3, 0.4) is 0 Å². The Kier molecular flexibility index (Phi) is 4.09. The summed E-state index contributed by atoms with van der Waals surface area (Å²) < 4.78 is 4.81. The van der Waals surface area contributed by atoms with Gasteiger partial charge in [-0.3, -0.25) is 4.79 Å². The second-order valence-electron chi connectivity index (χ2n) is 5.50. The van der Waals surface area contributed by atoms with Gasteiger partial charge >= 0.3 is 0 Å². The van der Waals surface area contributed by atoms with Crippen molar-refractivity contribution in [3.8, 4) is 5.75 Å². The number of amides is 1. The molecule has 2 aromatic rings. The third-order valence-corrected chi connectivity index (χ3v) is 4.14. The number of aromatic hydroxyl groups is 1. The minimum Gasteiger partial charge on any atom is -0.507 e. The van der Waals surface area contributed by atoms with Crippen LogP contribution < -0.4 is 0 Å². The molecule has 0 radical (unpaired) electrons. The average molecular weight is 301 g/mol. The van der Waals surface area contributed by atoms with E-state index in [1.807, 2.05) is 13.0 Å². The Morgan fingerprint density at radius 2 is 2.32 bits per heavy atom. The van der Waals surface area contributed by atoms with Gasteiger partial charge in [0.15, 0.2) is 5.82 Å². The summed E-state index contributed by atoms with van der Waals surface area (Å²) in [6, 6.07) is 5.03. The minimum atomic E-state index is -0.190. The van der Waals surface area contributed by atoms with E-state index < -0.39 is 0 Å². The summed E-state index contributed by atoms with van der Waals surface area (Å²) in [7, 11) is 0. The van der Waals surface area contributed by atoms with Gasteiger partial charge in [0.1, 0.15) is 5.75 Å². The van der Waals surface area contributed by atoms with E-state index in [-0.39, 0.29) is 17.7 Å². The highest BCUT2D eigenvalue weighted by Crippen LogP contribution is 2.32. The molecule has 116 valence electrons. The lowest BCUT2D eigenvalue weighted by Gasteiger charge is -2.34. The van der Waals surface area contributed by atoms with Crippen LogP contribution in [0.5, 0.6) is 5.75 Å². The number of benzene rings is 1. The van der Waals surface area contributed by atoms with Gasteiger partial charge in [0, 0.05) is 6.54 Å². The Hall–Kier alpha value is -2.37. The first-order valence-corrected chi connectivity index (χ1v) is 7.60. The van der Waals surface area contributed by atoms with Crippen LogP contribution in [-0.4, -0.2) is 32.6 Å². The molecule has 6 nitrogen and oxygen atoms in total. The summed E-state index contributed by atoms with van der Waals surface area (Å²) in [5.41, 5.74) is 1.33. The van der Waals surface area contributed by atoms with Crippen LogP contribution in [-0.2, 0) is 6.42 Å². The number of rotatable bonds is 3. The maximum Gasteiger partial charge on any atom is 0.258 e. The highest BCUT2D eigenvalue weighted by Gasteiger charge is 2.32. The summed E-state index contributed by atoms with van der Waals surface area (Å²) in [5, 5.41) is 14.0. The molecule has 1 fully saturated rings. The molecule has 6 heteroatoms. The summed E-state index contributed by atoms with van der Waals surface area (Å²) >= 11 is 0. The van der Waals surface area contributed by atoms with Crippen molar-refractivity contribution in [3.63, 3.8) is 0 Å². The zero-order valence-corrected chi connectivity index (χ0v) is 12.5. The van der Waals surface area contributed by atoms with Crippen molar-refractivity contribution in [1.82, 2.24) is 15.0 Å². The number of piperidine rings is 1. The Labute approximate surface area is 128 Å². The molecule has 1 aliphatic heterocycles.